The van der Waals surface area contributed by atoms with Crippen LogP contribution in [0.3, 0.4) is 0 Å². The van der Waals surface area contributed by atoms with Crippen LogP contribution < -0.4 is 14.8 Å². The average Bonchev–Trinajstić information content (AvgIpc) is 3.30. The molecule has 344 valence electrons. The number of aliphatic hydroxyl groups excluding tert-OH is 2. The second-order valence-electron chi connectivity index (χ2n) is 17.3. The largest absolute Gasteiger partial charge is 0.459 e. The molecule has 12 nitrogen and oxygen atoms in total. The highest BCUT2D eigenvalue weighted by atomic mass is 16.7. The van der Waals surface area contributed by atoms with E-state index in [9.17, 15) is 25.1 Å². The summed E-state index contributed by atoms with van der Waals surface area (Å²) in [6.45, 7) is 9.29. The number of likely N-dealkylation sites (N-methyl/N-ethyl adjacent to an activating group) is 1. The topological polar surface area (TPSA) is 163 Å². The first-order valence-electron chi connectivity index (χ1n) is 23.7. The Balaban J connectivity index is 1.52. The summed E-state index contributed by atoms with van der Waals surface area (Å²) in [5.41, 5.74) is 3.34. The van der Waals surface area contributed by atoms with Crippen LogP contribution in [0.1, 0.15) is 150 Å². The monoisotopic (exact) mass is 869 g/mol. The Morgan fingerprint density at radius 3 is 2.29 bits per heavy atom. The summed E-state index contributed by atoms with van der Waals surface area (Å²) in [5, 5.41) is 36.9. The van der Waals surface area contributed by atoms with Crippen molar-refractivity contribution < 1.29 is 38.9 Å². The lowest BCUT2D eigenvalue weighted by Crippen LogP contribution is -2.69. The molecule has 2 amide bonds. The Morgan fingerprint density at radius 1 is 0.952 bits per heavy atom. The van der Waals surface area contributed by atoms with Crippen molar-refractivity contribution in [1.29, 1.82) is 5.26 Å². The number of rotatable bonds is 27. The predicted octanol–water partition coefficient (Wildman–Crippen LogP) is 9.99. The summed E-state index contributed by atoms with van der Waals surface area (Å²) in [5.74, 6) is -1.41. The number of benzene rings is 2. The van der Waals surface area contributed by atoms with Crippen LogP contribution in [0.5, 0.6) is 11.5 Å². The summed E-state index contributed by atoms with van der Waals surface area (Å²) < 4.78 is 20.1. The summed E-state index contributed by atoms with van der Waals surface area (Å²) in [7, 11) is 1.75. The number of allylic oxidation sites excluding steroid dienone is 1. The molecule has 3 aliphatic rings. The van der Waals surface area contributed by atoms with E-state index in [1.54, 1.807) is 48.4 Å². The number of ether oxygens (including phenoxy) is 3. The van der Waals surface area contributed by atoms with Crippen molar-refractivity contribution in [3.63, 3.8) is 0 Å². The van der Waals surface area contributed by atoms with E-state index in [0.717, 1.165) is 56.1 Å². The Kier molecular flexibility index (Phi) is 20.0. The van der Waals surface area contributed by atoms with Crippen LogP contribution in [-0.4, -0.2) is 84.7 Å². The standard InChI is InChI=1S/C51H72N4O8/c1-5-8-9-10-11-12-13-14-15-18-29-53-50(59)62-40-27-28-45-43(34-40)47-41(22-17-20-31-57)39(21-16-19-30-56)33-42-44(54-61-7-3)35-46(51(63-45,48(42)47)60-32-6-2)55(4)49(58)38-25-23-37(36-52)24-26-38/h6,23-28,33-34,39,41,46-48,56-57H,2,5,7-22,29-32,35H2,1,3-4H3,(H,53,59). The third kappa shape index (κ3) is 12.7. The minimum Gasteiger partial charge on any atom is -0.459 e. The number of carbonyl (C=O) groups excluding carboxylic acids is 2. The van der Waals surface area contributed by atoms with Gasteiger partial charge in [0.15, 0.2) is 0 Å². The minimum atomic E-state index is -1.42. The lowest BCUT2D eigenvalue weighted by Gasteiger charge is -2.59. The molecule has 0 bridgehead atoms. The molecule has 0 spiro atoms. The zero-order valence-corrected chi connectivity index (χ0v) is 38.0. The highest BCUT2D eigenvalue weighted by Crippen LogP contribution is 2.62. The second-order valence-corrected chi connectivity index (χ2v) is 17.3. The molecule has 12 heteroatoms. The molecule has 3 N–H and O–H groups in total. The van der Waals surface area contributed by atoms with Crippen molar-refractivity contribution in [2.75, 3.05) is 40.0 Å². The number of hydrogen-bond acceptors (Lipinski definition) is 10. The van der Waals surface area contributed by atoms with Crippen LogP contribution in [0, 0.1) is 29.1 Å². The number of amides is 2. The number of carbonyl (C=O) groups is 2. The van der Waals surface area contributed by atoms with E-state index in [1.807, 2.05) is 19.1 Å². The normalized spacial score (nSPS) is 22.8. The van der Waals surface area contributed by atoms with Gasteiger partial charge in [0, 0.05) is 50.3 Å². The average molecular weight is 869 g/mol. The van der Waals surface area contributed by atoms with E-state index in [4.69, 9.17) is 24.2 Å². The van der Waals surface area contributed by atoms with Gasteiger partial charge in [-0.25, -0.2) is 4.79 Å². The maximum atomic E-state index is 14.5. The Morgan fingerprint density at radius 2 is 1.63 bits per heavy atom. The molecule has 1 aliphatic heterocycles. The zero-order valence-electron chi connectivity index (χ0n) is 38.0. The molecule has 1 heterocycles. The summed E-state index contributed by atoms with van der Waals surface area (Å²) in [6.07, 6.45) is 20.3. The number of hydrogen-bond donors (Lipinski definition) is 3. The van der Waals surface area contributed by atoms with E-state index in [0.29, 0.717) is 54.3 Å². The van der Waals surface area contributed by atoms with E-state index < -0.39 is 23.8 Å². The molecule has 2 aromatic carbocycles. The fourth-order valence-corrected chi connectivity index (χ4v) is 9.91. The van der Waals surface area contributed by atoms with Gasteiger partial charge in [-0.05, 0) is 98.9 Å². The number of nitrogens with zero attached hydrogens (tertiary/aromatic N) is 3. The van der Waals surface area contributed by atoms with Crippen molar-refractivity contribution in [2.45, 2.75) is 141 Å². The molecule has 63 heavy (non-hydrogen) atoms. The second kappa shape index (κ2) is 25.6. The summed E-state index contributed by atoms with van der Waals surface area (Å²) >= 11 is 0. The molecule has 6 unspecified atom stereocenters. The number of fused-ring (bicyclic) bond motifs is 2. The van der Waals surface area contributed by atoms with Gasteiger partial charge in [-0.15, -0.1) is 6.58 Å². The molecule has 0 radical (unpaired) electrons. The van der Waals surface area contributed by atoms with Crippen LogP contribution >= 0.6 is 0 Å². The SMILES string of the molecule is C=CCOC12Oc3ccc(OC(=O)NCCCCCCCCCCCC)cc3C3C(CCCCO)C(CCCCO)C=C(C(=NOCC)CC1N(C)C(=O)c1ccc(C#N)cc1)C32. The maximum Gasteiger partial charge on any atom is 0.412 e. The Bertz CT molecular complexity index is 1870. The number of oxime groups is 1. The Labute approximate surface area is 375 Å². The lowest BCUT2D eigenvalue weighted by atomic mass is 9.55. The number of nitriles is 1. The van der Waals surface area contributed by atoms with E-state index in [1.165, 1.54) is 44.9 Å². The highest BCUT2D eigenvalue weighted by molar-refractivity contribution is 6.03. The zero-order chi connectivity index (χ0) is 45.0. The molecule has 0 aromatic heterocycles. The fourth-order valence-electron chi connectivity index (χ4n) is 9.91. The highest BCUT2D eigenvalue weighted by Gasteiger charge is 2.65. The number of unbranched alkanes of at least 4 members (excludes halogenated alkanes) is 11. The van der Waals surface area contributed by atoms with Gasteiger partial charge in [-0.1, -0.05) is 94.9 Å². The first kappa shape index (κ1) is 49.3. The first-order valence-corrected chi connectivity index (χ1v) is 23.7. The molecule has 2 aromatic rings. The summed E-state index contributed by atoms with van der Waals surface area (Å²) in [4.78, 5) is 35.2. The van der Waals surface area contributed by atoms with Gasteiger partial charge in [-0.3, -0.25) is 4.79 Å². The van der Waals surface area contributed by atoms with Gasteiger partial charge in [0.2, 0.25) is 5.79 Å². The van der Waals surface area contributed by atoms with Crippen LogP contribution in [-0.2, 0) is 9.57 Å². The number of aliphatic hydroxyl groups is 2. The van der Waals surface area contributed by atoms with Gasteiger partial charge in [-0.2, -0.15) is 5.26 Å². The molecule has 1 fully saturated rings. The van der Waals surface area contributed by atoms with E-state index >= 15 is 0 Å². The summed E-state index contributed by atoms with van der Waals surface area (Å²) in [6, 6.07) is 13.5. The van der Waals surface area contributed by atoms with Crippen molar-refractivity contribution in [2.24, 2.45) is 22.9 Å². The molecule has 2 aliphatic carbocycles. The smallest absolute Gasteiger partial charge is 0.412 e. The van der Waals surface area contributed by atoms with Crippen LogP contribution in [0.2, 0.25) is 0 Å². The van der Waals surface area contributed by atoms with Crippen molar-refractivity contribution in [3.8, 4) is 17.6 Å². The fraction of sp³-hybridized carbons (Fsp3) is 0.608. The molecular formula is C51H72N4O8. The molecule has 0 saturated heterocycles. The van der Waals surface area contributed by atoms with Crippen molar-refractivity contribution >= 4 is 17.7 Å². The lowest BCUT2D eigenvalue weighted by molar-refractivity contribution is -0.252. The maximum absolute atomic E-state index is 14.5. The Hall–Kier alpha value is -4.70. The van der Waals surface area contributed by atoms with Gasteiger partial charge in [0.25, 0.3) is 5.91 Å². The predicted molar refractivity (Wildman–Crippen MR) is 246 cm³/mol. The van der Waals surface area contributed by atoms with Gasteiger partial charge in [0.05, 0.1) is 29.9 Å². The number of nitrogens with one attached hydrogen (secondary N) is 1. The van der Waals surface area contributed by atoms with Crippen LogP contribution in [0.15, 0.2) is 71.9 Å². The molecule has 6 atom stereocenters. The first-order chi connectivity index (χ1) is 30.8. The minimum absolute atomic E-state index is 0.0189. The molecule has 1 saturated carbocycles. The molecular weight excluding hydrogens is 797 g/mol. The van der Waals surface area contributed by atoms with Crippen molar-refractivity contribution in [3.05, 3.63) is 83.5 Å². The molecule has 5 rings (SSSR count). The van der Waals surface area contributed by atoms with Gasteiger partial charge in [0.1, 0.15) is 24.1 Å². The van der Waals surface area contributed by atoms with Crippen LogP contribution in [0.4, 0.5) is 4.79 Å². The third-order valence-corrected chi connectivity index (χ3v) is 13.0. The van der Waals surface area contributed by atoms with Gasteiger partial charge < -0.3 is 39.5 Å². The van der Waals surface area contributed by atoms with Crippen molar-refractivity contribution in [1.82, 2.24) is 10.2 Å². The van der Waals surface area contributed by atoms with Gasteiger partial charge >= 0.3 is 6.09 Å². The quantitative estimate of drug-likeness (QED) is 0.0451. The third-order valence-electron chi connectivity index (χ3n) is 13.0. The van der Waals surface area contributed by atoms with Crippen LogP contribution in [0.25, 0.3) is 0 Å². The van der Waals surface area contributed by atoms with E-state index in [-0.39, 0.29) is 49.9 Å². The van der Waals surface area contributed by atoms with E-state index in [2.05, 4.69) is 31.0 Å².